The molecule has 1 aliphatic heterocycles. The van der Waals surface area contributed by atoms with E-state index in [4.69, 9.17) is 9.15 Å². The monoisotopic (exact) mass is 477 g/mol. The van der Waals surface area contributed by atoms with Gasteiger partial charge in [0.05, 0.1) is 17.5 Å². The lowest BCUT2D eigenvalue weighted by Crippen LogP contribution is -2.50. The molecule has 0 aliphatic carbocycles. The predicted molar refractivity (Wildman–Crippen MR) is 116 cm³/mol. The standard InChI is InChI=1S/C23H22F3N3O5/c24-23(25,26)16-4-3-5-17(14-16)27-10-12-28(13-11-27)20(30)15-33-21(31)8-9-29-18-6-1-2-7-19(18)34-22(29)32/h1-7,14H,8-13,15H2. The van der Waals surface area contributed by atoms with E-state index in [1.807, 2.05) is 0 Å². The number of hydrogen-bond donors (Lipinski definition) is 0. The van der Waals surface area contributed by atoms with E-state index in [9.17, 15) is 27.6 Å². The molecule has 0 unspecified atom stereocenters. The normalized spacial score (nSPS) is 14.4. The summed E-state index contributed by atoms with van der Waals surface area (Å²) in [5.74, 6) is -1.60. The van der Waals surface area contributed by atoms with Crippen LogP contribution in [0.5, 0.6) is 0 Å². The zero-order valence-corrected chi connectivity index (χ0v) is 18.1. The Morgan fingerprint density at radius 3 is 2.47 bits per heavy atom. The van der Waals surface area contributed by atoms with Crippen LogP contribution in [0.3, 0.4) is 0 Å². The molecule has 0 atom stereocenters. The number of anilines is 1. The Hall–Kier alpha value is -3.76. The minimum Gasteiger partial charge on any atom is -0.456 e. The molecule has 2 heterocycles. The molecule has 0 bridgehead atoms. The molecule has 4 rings (SSSR count). The molecule has 1 amide bonds. The zero-order chi connectivity index (χ0) is 24.3. The third-order valence-corrected chi connectivity index (χ3v) is 5.64. The fourth-order valence-corrected chi connectivity index (χ4v) is 3.83. The van der Waals surface area contributed by atoms with Crippen molar-refractivity contribution in [3.8, 4) is 0 Å². The van der Waals surface area contributed by atoms with Crippen molar-refractivity contribution in [3.05, 3.63) is 64.6 Å². The summed E-state index contributed by atoms with van der Waals surface area (Å²) in [6.07, 6.45) is -4.53. The average molecular weight is 477 g/mol. The summed E-state index contributed by atoms with van der Waals surface area (Å²) in [7, 11) is 0. The van der Waals surface area contributed by atoms with Crippen molar-refractivity contribution in [3.63, 3.8) is 0 Å². The maximum atomic E-state index is 12.9. The van der Waals surface area contributed by atoms with Gasteiger partial charge in [-0.15, -0.1) is 0 Å². The largest absolute Gasteiger partial charge is 0.456 e. The number of fused-ring (bicyclic) bond motifs is 1. The third-order valence-electron chi connectivity index (χ3n) is 5.64. The van der Waals surface area contributed by atoms with Crippen LogP contribution in [0.1, 0.15) is 12.0 Å². The van der Waals surface area contributed by atoms with Crippen molar-refractivity contribution in [2.45, 2.75) is 19.1 Å². The first-order chi connectivity index (χ1) is 16.2. The second-order valence-corrected chi connectivity index (χ2v) is 7.81. The summed E-state index contributed by atoms with van der Waals surface area (Å²) in [5.41, 5.74) is 0.701. The Bertz CT molecular complexity index is 1240. The van der Waals surface area contributed by atoms with E-state index in [2.05, 4.69) is 0 Å². The number of oxazole rings is 1. The molecule has 1 fully saturated rings. The maximum Gasteiger partial charge on any atom is 0.419 e. The molecule has 1 aliphatic rings. The van der Waals surface area contributed by atoms with E-state index in [-0.39, 0.29) is 18.9 Å². The number of carbonyl (C=O) groups excluding carboxylic acids is 2. The number of benzene rings is 2. The number of alkyl halides is 3. The number of halogens is 3. The van der Waals surface area contributed by atoms with E-state index in [0.29, 0.717) is 43.0 Å². The number of para-hydroxylation sites is 2. The Balaban J connectivity index is 1.24. The summed E-state index contributed by atoms with van der Waals surface area (Å²) >= 11 is 0. The summed E-state index contributed by atoms with van der Waals surface area (Å²) in [6.45, 7) is 0.920. The van der Waals surface area contributed by atoms with E-state index in [0.717, 1.165) is 12.1 Å². The molecule has 0 N–H and O–H groups in total. The summed E-state index contributed by atoms with van der Waals surface area (Å²) in [6, 6.07) is 11.9. The summed E-state index contributed by atoms with van der Waals surface area (Å²) < 4.78 is 50.3. The van der Waals surface area contributed by atoms with E-state index in [1.54, 1.807) is 35.2 Å². The number of aryl methyl sites for hydroxylation is 1. The van der Waals surface area contributed by atoms with Gasteiger partial charge in [-0.3, -0.25) is 14.2 Å². The quantitative estimate of drug-likeness (QED) is 0.508. The first-order valence-corrected chi connectivity index (χ1v) is 10.7. The maximum absolute atomic E-state index is 12.9. The fraction of sp³-hybridized carbons (Fsp3) is 0.348. The van der Waals surface area contributed by atoms with Crippen molar-refractivity contribution >= 4 is 28.7 Å². The van der Waals surface area contributed by atoms with Crippen LogP contribution in [0, 0.1) is 0 Å². The van der Waals surface area contributed by atoms with Crippen LogP contribution in [0.2, 0.25) is 0 Å². The van der Waals surface area contributed by atoms with E-state index >= 15 is 0 Å². The van der Waals surface area contributed by atoms with E-state index < -0.39 is 30.1 Å². The Morgan fingerprint density at radius 1 is 1.00 bits per heavy atom. The average Bonchev–Trinajstić information content (AvgIpc) is 3.15. The van der Waals surface area contributed by atoms with Crippen LogP contribution in [0.25, 0.3) is 11.1 Å². The van der Waals surface area contributed by atoms with Gasteiger partial charge in [-0.1, -0.05) is 18.2 Å². The molecule has 0 saturated carbocycles. The lowest BCUT2D eigenvalue weighted by atomic mass is 10.1. The summed E-state index contributed by atoms with van der Waals surface area (Å²) in [4.78, 5) is 39.7. The Kier molecular flexibility index (Phi) is 6.62. The number of carbonyl (C=O) groups is 2. The van der Waals surface area contributed by atoms with Crippen molar-refractivity contribution in [1.29, 1.82) is 0 Å². The molecule has 1 saturated heterocycles. The van der Waals surface area contributed by atoms with Gasteiger partial charge in [-0.05, 0) is 30.3 Å². The molecule has 0 spiro atoms. The minimum absolute atomic E-state index is 0.0541. The van der Waals surface area contributed by atoms with E-state index in [1.165, 1.54) is 15.5 Å². The molecule has 0 radical (unpaired) electrons. The van der Waals surface area contributed by atoms with Crippen molar-refractivity contribution < 1.29 is 31.9 Å². The van der Waals surface area contributed by atoms with Gasteiger partial charge in [0.25, 0.3) is 5.91 Å². The van der Waals surface area contributed by atoms with Crippen LogP contribution in [-0.4, -0.2) is 54.1 Å². The molecule has 3 aromatic rings. The number of esters is 1. The zero-order valence-electron chi connectivity index (χ0n) is 18.1. The van der Waals surface area contributed by atoms with Gasteiger partial charge in [-0.25, -0.2) is 4.79 Å². The first kappa shape index (κ1) is 23.4. The van der Waals surface area contributed by atoms with Gasteiger partial charge >= 0.3 is 17.9 Å². The van der Waals surface area contributed by atoms with Crippen molar-refractivity contribution in [2.75, 3.05) is 37.7 Å². The Labute approximate surface area is 192 Å². The molecule has 180 valence electrons. The second kappa shape index (κ2) is 9.62. The number of ether oxygens (including phenoxy) is 1. The van der Waals surface area contributed by atoms with Crippen molar-refractivity contribution in [1.82, 2.24) is 9.47 Å². The number of aromatic nitrogens is 1. The highest BCUT2D eigenvalue weighted by Gasteiger charge is 2.31. The van der Waals surface area contributed by atoms with Gasteiger partial charge in [0.15, 0.2) is 12.2 Å². The molecule has 2 aromatic carbocycles. The minimum atomic E-state index is -4.42. The topological polar surface area (TPSA) is 85.0 Å². The molecule has 34 heavy (non-hydrogen) atoms. The van der Waals surface area contributed by atoms with Crippen LogP contribution >= 0.6 is 0 Å². The Morgan fingerprint density at radius 2 is 1.74 bits per heavy atom. The molecular formula is C23H22F3N3O5. The fourth-order valence-electron chi connectivity index (χ4n) is 3.83. The van der Waals surface area contributed by atoms with Crippen LogP contribution in [0.15, 0.2) is 57.7 Å². The number of amides is 1. The number of rotatable bonds is 6. The smallest absolute Gasteiger partial charge is 0.419 e. The van der Waals surface area contributed by atoms with Crippen molar-refractivity contribution in [2.24, 2.45) is 0 Å². The van der Waals surface area contributed by atoms with Crippen LogP contribution < -0.4 is 10.7 Å². The molecule has 1 aromatic heterocycles. The van der Waals surface area contributed by atoms with Gasteiger partial charge in [-0.2, -0.15) is 13.2 Å². The highest BCUT2D eigenvalue weighted by Crippen LogP contribution is 2.31. The third kappa shape index (κ3) is 5.24. The SMILES string of the molecule is O=C(CCn1c(=O)oc2ccccc21)OCC(=O)N1CCN(c2cccc(C(F)(F)F)c2)CC1. The van der Waals surface area contributed by atoms with Gasteiger partial charge < -0.3 is 19.0 Å². The molecular weight excluding hydrogens is 455 g/mol. The highest BCUT2D eigenvalue weighted by molar-refractivity contribution is 5.81. The predicted octanol–water partition coefficient (Wildman–Crippen LogP) is 2.90. The van der Waals surface area contributed by atoms with Gasteiger partial charge in [0.2, 0.25) is 0 Å². The number of piperazine rings is 1. The number of nitrogens with zero attached hydrogens (tertiary/aromatic N) is 3. The second-order valence-electron chi connectivity index (χ2n) is 7.81. The highest BCUT2D eigenvalue weighted by atomic mass is 19.4. The lowest BCUT2D eigenvalue weighted by Gasteiger charge is -2.36. The van der Waals surface area contributed by atoms with Crippen LogP contribution in [-0.2, 0) is 27.0 Å². The van der Waals surface area contributed by atoms with Crippen LogP contribution in [0.4, 0.5) is 18.9 Å². The molecule has 8 nitrogen and oxygen atoms in total. The van der Waals surface area contributed by atoms with Gasteiger partial charge in [0, 0.05) is 38.4 Å². The first-order valence-electron chi connectivity index (χ1n) is 10.7. The molecule has 11 heteroatoms. The summed E-state index contributed by atoms with van der Waals surface area (Å²) in [5, 5.41) is 0. The lowest BCUT2D eigenvalue weighted by molar-refractivity contribution is -0.152. The van der Waals surface area contributed by atoms with Gasteiger partial charge in [0.1, 0.15) is 0 Å². The number of hydrogen-bond acceptors (Lipinski definition) is 6.